The fraction of sp³-hybridized carbons (Fsp3) is 0.400. The van der Waals surface area contributed by atoms with Gasteiger partial charge < -0.3 is 9.47 Å². The average molecular weight is 388 g/mol. The van der Waals surface area contributed by atoms with Crippen molar-refractivity contribution < 1.29 is 28.7 Å². The molecule has 1 aromatic rings. The number of nitrogens with zero attached hydrogens (tertiary/aromatic N) is 2. The van der Waals surface area contributed by atoms with Crippen molar-refractivity contribution in [2.45, 2.75) is 26.4 Å². The van der Waals surface area contributed by atoms with Crippen LogP contribution in [0, 0.1) is 5.92 Å². The molecule has 8 heteroatoms. The van der Waals surface area contributed by atoms with Gasteiger partial charge in [0.05, 0.1) is 0 Å². The predicted molar refractivity (Wildman–Crippen MR) is 100 cm³/mol. The van der Waals surface area contributed by atoms with Gasteiger partial charge in [-0.05, 0) is 32.9 Å². The first-order valence-corrected chi connectivity index (χ1v) is 8.80. The van der Waals surface area contributed by atoms with Gasteiger partial charge in [-0.1, -0.05) is 30.9 Å². The quantitative estimate of drug-likeness (QED) is 0.340. The number of rotatable bonds is 4. The third kappa shape index (κ3) is 5.18. The summed E-state index contributed by atoms with van der Waals surface area (Å²) >= 11 is 0. The molecular weight excluding hydrogens is 364 g/mol. The van der Waals surface area contributed by atoms with Crippen molar-refractivity contribution in [3.8, 4) is 0 Å². The molecule has 1 aliphatic rings. The van der Waals surface area contributed by atoms with Crippen molar-refractivity contribution >= 4 is 23.9 Å². The summed E-state index contributed by atoms with van der Waals surface area (Å²) in [7, 11) is 0. The van der Waals surface area contributed by atoms with Crippen molar-refractivity contribution in [3.05, 3.63) is 48.6 Å². The lowest BCUT2D eigenvalue weighted by Gasteiger charge is -2.38. The number of benzene rings is 1. The maximum Gasteiger partial charge on any atom is 0.411 e. The lowest BCUT2D eigenvalue weighted by atomic mass is 10.0. The summed E-state index contributed by atoms with van der Waals surface area (Å²) in [4.78, 5) is 52.4. The van der Waals surface area contributed by atoms with Crippen LogP contribution in [0.4, 0.5) is 4.79 Å². The first-order valence-electron chi connectivity index (χ1n) is 8.80. The summed E-state index contributed by atoms with van der Waals surface area (Å²) in [5.74, 6) is -3.49. The van der Waals surface area contributed by atoms with Crippen LogP contribution in [0.15, 0.2) is 43.0 Å². The molecule has 1 atom stereocenters. The fourth-order valence-corrected chi connectivity index (χ4v) is 2.56. The van der Waals surface area contributed by atoms with Crippen LogP contribution in [0.1, 0.15) is 31.1 Å². The highest BCUT2D eigenvalue weighted by Crippen LogP contribution is 2.21. The molecule has 1 aromatic carbocycles. The largest absolute Gasteiger partial charge is 0.461 e. The monoisotopic (exact) mass is 388 g/mol. The highest BCUT2D eigenvalue weighted by Gasteiger charge is 2.44. The normalized spacial score (nSPS) is 17.1. The van der Waals surface area contributed by atoms with Crippen LogP contribution in [0.5, 0.6) is 0 Å². The van der Waals surface area contributed by atoms with Gasteiger partial charge in [-0.2, -0.15) is 0 Å². The van der Waals surface area contributed by atoms with Crippen LogP contribution in [-0.2, 0) is 19.1 Å². The van der Waals surface area contributed by atoms with Crippen LogP contribution >= 0.6 is 0 Å². The maximum atomic E-state index is 12.8. The van der Waals surface area contributed by atoms with Gasteiger partial charge in [0.1, 0.15) is 18.9 Å². The summed E-state index contributed by atoms with van der Waals surface area (Å²) in [6, 6.07) is 8.14. The van der Waals surface area contributed by atoms with Crippen molar-refractivity contribution in [3.63, 3.8) is 0 Å². The molecule has 28 heavy (non-hydrogen) atoms. The Balaban J connectivity index is 2.30. The average Bonchev–Trinajstić information content (AvgIpc) is 2.65. The van der Waals surface area contributed by atoms with Gasteiger partial charge in [-0.15, -0.1) is 0 Å². The number of imide groups is 1. The summed E-state index contributed by atoms with van der Waals surface area (Å²) < 4.78 is 10.3. The van der Waals surface area contributed by atoms with Crippen molar-refractivity contribution in [1.82, 2.24) is 9.80 Å². The number of carbonyl (C=O) groups excluding carboxylic acids is 4. The minimum absolute atomic E-state index is 0.0817. The topological polar surface area (TPSA) is 93.2 Å². The molecule has 1 unspecified atom stereocenters. The Morgan fingerprint density at radius 3 is 2.43 bits per heavy atom. The van der Waals surface area contributed by atoms with Crippen LogP contribution in [-0.4, -0.2) is 59.1 Å². The number of hydrogen-bond acceptors (Lipinski definition) is 6. The Hall–Kier alpha value is -3.16. The minimum atomic E-state index is -1.33. The molecule has 8 nitrogen and oxygen atoms in total. The summed E-state index contributed by atoms with van der Waals surface area (Å²) in [6.07, 6.45) is 0.636. The maximum absolute atomic E-state index is 12.8. The molecule has 2 rings (SSSR count). The van der Waals surface area contributed by atoms with Gasteiger partial charge in [0.2, 0.25) is 5.91 Å². The van der Waals surface area contributed by atoms with Crippen molar-refractivity contribution in [2.75, 3.05) is 19.8 Å². The van der Waals surface area contributed by atoms with Gasteiger partial charge >= 0.3 is 12.1 Å². The Labute approximate surface area is 163 Å². The highest BCUT2D eigenvalue weighted by molar-refractivity contribution is 6.10. The van der Waals surface area contributed by atoms with Crippen LogP contribution < -0.4 is 0 Å². The van der Waals surface area contributed by atoms with Crippen LogP contribution in [0.25, 0.3) is 0 Å². The minimum Gasteiger partial charge on any atom is -0.461 e. The second-order valence-corrected chi connectivity index (χ2v) is 7.25. The molecule has 3 amide bonds. The van der Waals surface area contributed by atoms with E-state index in [0.717, 1.165) is 9.80 Å². The molecule has 0 aliphatic carbocycles. The van der Waals surface area contributed by atoms with E-state index in [2.05, 4.69) is 6.58 Å². The summed E-state index contributed by atoms with van der Waals surface area (Å²) in [5.41, 5.74) is -0.508. The Morgan fingerprint density at radius 1 is 1.21 bits per heavy atom. The molecule has 0 bridgehead atoms. The van der Waals surface area contributed by atoms with E-state index in [9.17, 15) is 19.2 Å². The zero-order valence-corrected chi connectivity index (χ0v) is 16.2. The van der Waals surface area contributed by atoms with E-state index in [1.807, 2.05) is 0 Å². The van der Waals surface area contributed by atoms with E-state index in [-0.39, 0.29) is 25.4 Å². The zero-order chi connectivity index (χ0) is 20.9. The second-order valence-electron chi connectivity index (χ2n) is 7.25. The van der Waals surface area contributed by atoms with Gasteiger partial charge in [-0.3, -0.25) is 24.2 Å². The van der Waals surface area contributed by atoms with E-state index in [1.165, 1.54) is 6.08 Å². The Morgan fingerprint density at radius 2 is 1.86 bits per heavy atom. The molecule has 0 radical (unpaired) electrons. The molecule has 1 aliphatic heterocycles. The number of carbonyl (C=O) groups is 4. The first kappa shape index (κ1) is 21.1. The molecule has 0 saturated carbocycles. The van der Waals surface area contributed by atoms with Gasteiger partial charge in [0.25, 0.3) is 5.91 Å². The van der Waals surface area contributed by atoms with Gasteiger partial charge in [0, 0.05) is 12.1 Å². The van der Waals surface area contributed by atoms with Crippen LogP contribution in [0.2, 0.25) is 0 Å². The molecule has 0 N–H and O–H groups in total. The third-order valence-corrected chi connectivity index (χ3v) is 3.82. The van der Waals surface area contributed by atoms with E-state index < -0.39 is 35.4 Å². The summed E-state index contributed by atoms with van der Waals surface area (Å²) in [5, 5.41) is 0. The Bertz CT molecular complexity index is 769. The number of amides is 3. The van der Waals surface area contributed by atoms with E-state index in [1.54, 1.807) is 51.1 Å². The van der Waals surface area contributed by atoms with Crippen molar-refractivity contribution in [2.24, 2.45) is 5.92 Å². The number of esters is 1. The highest BCUT2D eigenvalue weighted by atomic mass is 16.6. The molecular formula is C20H24N2O6. The summed E-state index contributed by atoms with van der Waals surface area (Å²) in [6.45, 7) is 7.92. The Kier molecular flexibility index (Phi) is 6.56. The van der Waals surface area contributed by atoms with Crippen LogP contribution in [0.3, 0.4) is 0 Å². The van der Waals surface area contributed by atoms with Gasteiger partial charge in [0.15, 0.2) is 5.92 Å². The molecule has 1 heterocycles. The third-order valence-electron chi connectivity index (χ3n) is 3.82. The molecule has 0 aromatic heterocycles. The predicted octanol–water partition coefficient (Wildman–Crippen LogP) is 2.21. The fourth-order valence-electron chi connectivity index (χ4n) is 2.56. The molecule has 0 spiro atoms. The first-order chi connectivity index (χ1) is 13.1. The van der Waals surface area contributed by atoms with Gasteiger partial charge in [-0.25, -0.2) is 4.79 Å². The SMILES string of the molecule is C=CCOC(=O)C1CN(C(=O)OC(C)(C)C)CN(C(=O)c2ccccc2)C1=O. The number of hydrogen-bond donors (Lipinski definition) is 0. The standard InChI is InChI=1S/C20H24N2O6/c1-5-11-27-18(25)15-12-21(19(26)28-20(2,3)4)13-22(17(15)24)16(23)14-9-7-6-8-10-14/h5-10,15H,1,11-13H2,2-4H3. The second kappa shape index (κ2) is 8.69. The zero-order valence-electron chi connectivity index (χ0n) is 16.2. The number of ether oxygens (including phenoxy) is 2. The molecule has 1 fully saturated rings. The van der Waals surface area contributed by atoms with Crippen molar-refractivity contribution in [1.29, 1.82) is 0 Å². The van der Waals surface area contributed by atoms with E-state index in [0.29, 0.717) is 0 Å². The smallest absolute Gasteiger partial charge is 0.411 e. The van der Waals surface area contributed by atoms with E-state index in [4.69, 9.17) is 9.47 Å². The molecule has 1 saturated heterocycles. The van der Waals surface area contributed by atoms with E-state index >= 15 is 0 Å². The molecule has 150 valence electrons. The lowest BCUT2D eigenvalue weighted by molar-refractivity contribution is -0.158. The lowest BCUT2D eigenvalue weighted by Crippen LogP contribution is -2.59.